The molecule has 21 heavy (non-hydrogen) atoms. The summed E-state index contributed by atoms with van der Waals surface area (Å²) in [6.07, 6.45) is 6.36. The van der Waals surface area contributed by atoms with Crippen molar-refractivity contribution in [2.45, 2.75) is 44.4 Å². The van der Waals surface area contributed by atoms with Crippen LogP contribution in [0.25, 0.3) is 0 Å². The quantitative estimate of drug-likeness (QED) is 0.843. The van der Waals surface area contributed by atoms with Crippen molar-refractivity contribution in [3.05, 3.63) is 18.0 Å². The molecule has 0 unspecified atom stereocenters. The number of ether oxygens (including phenoxy) is 2. The molecule has 6 heteroatoms. The lowest BCUT2D eigenvalue weighted by Gasteiger charge is -2.44. The van der Waals surface area contributed by atoms with Crippen molar-refractivity contribution >= 4 is 5.91 Å². The van der Waals surface area contributed by atoms with Gasteiger partial charge in [0, 0.05) is 39.5 Å². The zero-order valence-electron chi connectivity index (χ0n) is 12.7. The molecule has 0 radical (unpaired) electrons. The molecule has 2 aliphatic heterocycles. The third-order valence-electron chi connectivity index (χ3n) is 4.69. The predicted molar refractivity (Wildman–Crippen MR) is 77.1 cm³/mol. The summed E-state index contributed by atoms with van der Waals surface area (Å²) in [4.78, 5) is 14.4. The second kappa shape index (κ2) is 5.77. The number of aryl methyl sites for hydroxylation is 1. The van der Waals surface area contributed by atoms with Gasteiger partial charge >= 0.3 is 0 Å². The minimum absolute atomic E-state index is 0.0320. The molecule has 6 nitrogen and oxygen atoms in total. The van der Waals surface area contributed by atoms with E-state index in [0.717, 1.165) is 39.0 Å². The molecule has 1 aromatic heterocycles. The van der Waals surface area contributed by atoms with Crippen LogP contribution in [0.2, 0.25) is 0 Å². The molecule has 0 saturated carbocycles. The van der Waals surface area contributed by atoms with Gasteiger partial charge in [0.05, 0.1) is 17.4 Å². The minimum atomic E-state index is -0.181. The minimum Gasteiger partial charge on any atom is -0.377 e. The van der Waals surface area contributed by atoms with Crippen LogP contribution in [0.4, 0.5) is 0 Å². The Hall–Kier alpha value is -1.40. The van der Waals surface area contributed by atoms with Crippen LogP contribution >= 0.6 is 0 Å². The van der Waals surface area contributed by atoms with Crippen LogP contribution in [0, 0.1) is 0 Å². The van der Waals surface area contributed by atoms with E-state index in [4.69, 9.17) is 9.47 Å². The number of carbonyl (C=O) groups is 1. The van der Waals surface area contributed by atoms with E-state index in [1.54, 1.807) is 24.2 Å². The molecule has 1 spiro atoms. The van der Waals surface area contributed by atoms with E-state index in [1.807, 2.05) is 11.8 Å². The molecule has 1 amide bonds. The number of aromatic nitrogens is 2. The smallest absolute Gasteiger partial charge is 0.257 e. The summed E-state index contributed by atoms with van der Waals surface area (Å²) in [6.45, 7) is 4.88. The highest BCUT2D eigenvalue weighted by atomic mass is 16.5. The number of carbonyl (C=O) groups excluding carboxylic acids is 1. The number of nitrogens with zero attached hydrogens (tertiary/aromatic N) is 3. The molecular weight excluding hydrogens is 270 g/mol. The summed E-state index contributed by atoms with van der Waals surface area (Å²) in [5.74, 6) is 0.0320. The molecule has 2 atom stereocenters. The Kier molecular flexibility index (Phi) is 3.99. The van der Waals surface area contributed by atoms with Gasteiger partial charge in [0.15, 0.2) is 0 Å². The van der Waals surface area contributed by atoms with Crippen molar-refractivity contribution in [2.24, 2.45) is 0 Å². The summed E-state index contributed by atoms with van der Waals surface area (Å²) in [5.41, 5.74) is 0.467. The van der Waals surface area contributed by atoms with Gasteiger partial charge in [-0.05, 0) is 26.2 Å². The van der Waals surface area contributed by atoms with Crippen LogP contribution in [0.5, 0.6) is 0 Å². The molecule has 1 aromatic rings. The van der Waals surface area contributed by atoms with E-state index in [9.17, 15) is 4.79 Å². The molecule has 3 heterocycles. The lowest BCUT2D eigenvalue weighted by Crippen LogP contribution is -2.57. The van der Waals surface area contributed by atoms with Crippen LogP contribution in [0.15, 0.2) is 12.4 Å². The molecule has 2 saturated heterocycles. The standard InChI is InChI=1S/C15H23N3O3/c1-3-18-10-12(9-16-18)14(19)17-7-6-15(5-4-8-21-15)13(11-17)20-2/h9-10,13H,3-8,11H2,1-2H3/t13-,15-/m0/s1. The lowest BCUT2D eigenvalue weighted by atomic mass is 9.85. The maximum atomic E-state index is 12.6. The van der Waals surface area contributed by atoms with Crippen LogP contribution in [0.3, 0.4) is 0 Å². The summed E-state index contributed by atoms with van der Waals surface area (Å²) < 4.78 is 13.4. The summed E-state index contributed by atoms with van der Waals surface area (Å²) in [5, 5.41) is 4.17. The Morgan fingerprint density at radius 3 is 3.05 bits per heavy atom. The first-order chi connectivity index (χ1) is 10.2. The monoisotopic (exact) mass is 293 g/mol. The molecule has 0 N–H and O–H groups in total. The van der Waals surface area contributed by atoms with E-state index in [0.29, 0.717) is 12.1 Å². The maximum absolute atomic E-state index is 12.6. The maximum Gasteiger partial charge on any atom is 0.257 e. The molecule has 2 fully saturated rings. The zero-order chi connectivity index (χ0) is 14.9. The van der Waals surface area contributed by atoms with Crippen LogP contribution in [0.1, 0.15) is 36.5 Å². The van der Waals surface area contributed by atoms with E-state index in [-0.39, 0.29) is 17.6 Å². The van der Waals surface area contributed by atoms with Gasteiger partial charge in [0.25, 0.3) is 5.91 Å². The van der Waals surface area contributed by atoms with Gasteiger partial charge in [0.2, 0.25) is 0 Å². The summed E-state index contributed by atoms with van der Waals surface area (Å²) >= 11 is 0. The van der Waals surface area contributed by atoms with E-state index < -0.39 is 0 Å². The molecule has 0 bridgehead atoms. The van der Waals surface area contributed by atoms with Crippen LogP contribution in [-0.4, -0.2) is 59.1 Å². The van der Waals surface area contributed by atoms with E-state index >= 15 is 0 Å². The second-order valence-electron chi connectivity index (χ2n) is 5.83. The summed E-state index contributed by atoms with van der Waals surface area (Å²) in [6, 6.07) is 0. The van der Waals surface area contributed by atoms with Crippen molar-refractivity contribution in [3.8, 4) is 0 Å². The first-order valence-electron chi connectivity index (χ1n) is 7.67. The van der Waals surface area contributed by atoms with Crippen molar-refractivity contribution < 1.29 is 14.3 Å². The fourth-order valence-electron chi connectivity index (χ4n) is 3.42. The second-order valence-corrected chi connectivity index (χ2v) is 5.83. The normalized spacial score (nSPS) is 29.2. The number of likely N-dealkylation sites (tertiary alicyclic amines) is 1. The van der Waals surface area contributed by atoms with Gasteiger partial charge in [-0.15, -0.1) is 0 Å². The first kappa shape index (κ1) is 14.5. The predicted octanol–water partition coefficient (Wildman–Crippen LogP) is 1.31. The van der Waals surface area contributed by atoms with Gasteiger partial charge in [-0.2, -0.15) is 5.10 Å². The topological polar surface area (TPSA) is 56.6 Å². The Bertz CT molecular complexity index is 508. The molecule has 0 aliphatic carbocycles. The number of methoxy groups -OCH3 is 1. The number of hydrogen-bond donors (Lipinski definition) is 0. The Balaban J connectivity index is 1.71. The number of piperidine rings is 1. The average molecular weight is 293 g/mol. The van der Waals surface area contributed by atoms with Gasteiger partial charge in [-0.3, -0.25) is 9.48 Å². The van der Waals surface area contributed by atoms with Gasteiger partial charge in [0.1, 0.15) is 6.10 Å². The Labute approximate surface area is 125 Å². The molecule has 2 aliphatic rings. The van der Waals surface area contributed by atoms with Gasteiger partial charge in [-0.1, -0.05) is 0 Å². The van der Waals surface area contributed by atoms with Crippen molar-refractivity contribution in [1.82, 2.24) is 14.7 Å². The molecule has 0 aromatic carbocycles. The first-order valence-corrected chi connectivity index (χ1v) is 7.67. The highest BCUT2D eigenvalue weighted by molar-refractivity contribution is 5.93. The lowest BCUT2D eigenvalue weighted by molar-refractivity contribution is -0.136. The molecular formula is C15H23N3O3. The number of hydrogen-bond acceptors (Lipinski definition) is 4. The van der Waals surface area contributed by atoms with Crippen LogP contribution in [-0.2, 0) is 16.0 Å². The highest BCUT2D eigenvalue weighted by Gasteiger charge is 2.47. The number of amides is 1. The third-order valence-corrected chi connectivity index (χ3v) is 4.69. The fourth-order valence-corrected chi connectivity index (χ4v) is 3.42. The largest absolute Gasteiger partial charge is 0.377 e. The van der Waals surface area contributed by atoms with Crippen molar-refractivity contribution in [1.29, 1.82) is 0 Å². The Morgan fingerprint density at radius 1 is 1.57 bits per heavy atom. The summed E-state index contributed by atoms with van der Waals surface area (Å²) in [7, 11) is 1.71. The van der Waals surface area contributed by atoms with Gasteiger partial charge < -0.3 is 14.4 Å². The average Bonchev–Trinajstić information content (AvgIpc) is 3.17. The third kappa shape index (κ3) is 2.58. The van der Waals surface area contributed by atoms with Crippen LogP contribution < -0.4 is 0 Å². The van der Waals surface area contributed by atoms with E-state index in [2.05, 4.69) is 5.10 Å². The fraction of sp³-hybridized carbons (Fsp3) is 0.733. The van der Waals surface area contributed by atoms with Crippen molar-refractivity contribution in [2.75, 3.05) is 26.8 Å². The van der Waals surface area contributed by atoms with Gasteiger partial charge in [-0.25, -0.2) is 0 Å². The zero-order valence-corrected chi connectivity index (χ0v) is 12.7. The SMILES string of the molecule is CCn1cc(C(=O)N2CC[C@@]3(CCCO3)[C@@H](OC)C2)cn1. The highest BCUT2D eigenvalue weighted by Crippen LogP contribution is 2.37. The number of rotatable bonds is 3. The Morgan fingerprint density at radius 2 is 2.43 bits per heavy atom. The molecule has 116 valence electrons. The molecule has 3 rings (SSSR count). The van der Waals surface area contributed by atoms with Crippen molar-refractivity contribution in [3.63, 3.8) is 0 Å². The van der Waals surface area contributed by atoms with E-state index in [1.165, 1.54) is 0 Å².